The summed E-state index contributed by atoms with van der Waals surface area (Å²) in [6.45, 7) is 0. The van der Waals surface area contributed by atoms with Crippen LogP contribution in [-0.2, 0) is 16.4 Å². The van der Waals surface area contributed by atoms with Crippen molar-refractivity contribution < 1.29 is 18.4 Å². The molecule has 2 atom stereocenters. The molecule has 2 unspecified atom stereocenters. The zero-order valence-electron chi connectivity index (χ0n) is 11.5. The van der Waals surface area contributed by atoms with Gasteiger partial charge in [0.15, 0.2) is 0 Å². The second-order valence-corrected chi connectivity index (χ2v) is 7.81. The van der Waals surface area contributed by atoms with Crippen molar-refractivity contribution in [3.8, 4) is 5.75 Å². The summed E-state index contributed by atoms with van der Waals surface area (Å²) in [5, 5.41) is 11.0. The molecule has 110 valence electrons. The normalized spacial score (nSPS) is 36.6. The summed E-state index contributed by atoms with van der Waals surface area (Å²) in [5.74, 6) is -0.00471. The van der Waals surface area contributed by atoms with E-state index in [0.717, 1.165) is 19.3 Å². The van der Waals surface area contributed by atoms with Crippen LogP contribution in [-0.4, -0.2) is 26.9 Å². The molecule has 0 amide bonds. The Labute approximate surface area is 120 Å². The molecule has 1 aromatic rings. The van der Waals surface area contributed by atoms with E-state index in [1.165, 1.54) is 19.2 Å². The van der Waals surface area contributed by atoms with Crippen LogP contribution in [0.15, 0.2) is 18.2 Å². The molecular weight excluding hydrogens is 279 g/mol. The van der Waals surface area contributed by atoms with Crippen molar-refractivity contribution in [3.63, 3.8) is 0 Å². The molecular formula is C15H19FO3S. The van der Waals surface area contributed by atoms with E-state index in [2.05, 4.69) is 0 Å². The van der Waals surface area contributed by atoms with Crippen molar-refractivity contribution >= 4 is 10.8 Å². The standard InChI is InChI=1S/C15H19FO3S/c1-19-12-6-10(5-11(16)7-12)15(17)8-13-3-2-4-14(9-15)20(13)18/h5-7,13-14,17H,2-4,8-9H2,1H3. The first-order valence-corrected chi connectivity index (χ1v) is 8.26. The maximum absolute atomic E-state index is 13.7. The van der Waals surface area contributed by atoms with Crippen molar-refractivity contribution in [2.24, 2.45) is 0 Å². The molecule has 2 fully saturated rings. The SMILES string of the molecule is COc1cc(F)cc(C2(O)CC3CCCC(C2)S3=O)c1. The van der Waals surface area contributed by atoms with E-state index < -0.39 is 22.2 Å². The predicted molar refractivity (Wildman–Crippen MR) is 75.7 cm³/mol. The van der Waals surface area contributed by atoms with Gasteiger partial charge in [-0.2, -0.15) is 0 Å². The number of ether oxygens (including phenoxy) is 1. The van der Waals surface area contributed by atoms with Gasteiger partial charge in [-0.3, -0.25) is 4.21 Å². The Balaban J connectivity index is 1.96. The molecule has 0 aromatic heterocycles. The van der Waals surface area contributed by atoms with Crippen molar-refractivity contribution in [1.82, 2.24) is 0 Å². The maximum atomic E-state index is 13.7. The molecule has 20 heavy (non-hydrogen) atoms. The molecule has 0 radical (unpaired) electrons. The van der Waals surface area contributed by atoms with Crippen LogP contribution in [0.25, 0.3) is 0 Å². The van der Waals surface area contributed by atoms with E-state index >= 15 is 0 Å². The van der Waals surface area contributed by atoms with Gasteiger partial charge in [0.2, 0.25) is 0 Å². The third kappa shape index (κ3) is 2.37. The molecule has 3 rings (SSSR count). The van der Waals surface area contributed by atoms with Gasteiger partial charge in [-0.05, 0) is 43.4 Å². The quantitative estimate of drug-likeness (QED) is 0.912. The molecule has 2 aliphatic rings. The molecule has 0 aliphatic carbocycles. The van der Waals surface area contributed by atoms with E-state index in [0.29, 0.717) is 24.2 Å². The zero-order valence-corrected chi connectivity index (χ0v) is 12.3. The van der Waals surface area contributed by atoms with Crippen molar-refractivity contribution in [2.45, 2.75) is 48.2 Å². The monoisotopic (exact) mass is 298 g/mol. The van der Waals surface area contributed by atoms with Gasteiger partial charge in [-0.15, -0.1) is 0 Å². The molecule has 2 aliphatic heterocycles. The number of rotatable bonds is 2. The second kappa shape index (κ2) is 5.11. The minimum Gasteiger partial charge on any atom is -0.497 e. The van der Waals surface area contributed by atoms with E-state index in [-0.39, 0.29) is 10.5 Å². The van der Waals surface area contributed by atoms with Crippen LogP contribution in [0.2, 0.25) is 0 Å². The number of aliphatic hydroxyl groups is 1. The summed E-state index contributed by atoms with van der Waals surface area (Å²) in [7, 11) is 0.626. The van der Waals surface area contributed by atoms with Gasteiger partial charge in [0, 0.05) is 27.4 Å². The second-order valence-electron chi connectivity index (χ2n) is 5.82. The van der Waals surface area contributed by atoms with Crippen molar-refractivity contribution in [2.75, 3.05) is 7.11 Å². The van der Waals surface area contributed by atoms with E-state index in [1.54, 1.807) is 6.07 Å². The van der Waals surface area contributed by atoms with Crippen LogP contribution >= 0.6 is 0 Å². The first-order valence-electron chi connectivity index (χ1n) is 6.99. The number of fused-ring (bicyclic) bond motifs is 2. The zero-order chi connectivity index (χ0) is 14.3. The summed E-state index contributed by atoms with van der Waals surface area (Å²) in [6.07, 6.45) is 3.74. The lowest BCUT2D eigenvalue weighted by atomic mass is 9.80. The third-order valence-corrected chi connectivity index (χ3v) is 6.60. The van der Waals surface area contributed by atoms with Crippen LogP contribution in [0.4, 0.5) is 4.39 Å². The fourth-order valence-electron chi connectivity index (χ4n) is 3.47. The lowest BCUT2D eigenvalue weighted by Gasteiger charge is -2.43. The van der Waals surface area contributed by atoms with Crippen LogP contribution in [0.1, 0.15) is 37.7 Å². The predicted octanol–water partition coefficient (Wildman–Crippen LogP) is 2.49. The summed E-state index contributed by atoms with van der Waals surface area (Å²) in [6, 6.07) is 4.36. The first-order chi connectivity index (χ1) is 9.51. The van der Waals surface area contributed by atoms with Crippen LogP contribution in [0, 0.1) is 5.82 Å². The minimum absolute atomic E-state index is 0.0294. The van der Waals surface area contributed by atoms with Crippen molar-refractivity contribution in [1.29, 1.82) is 0 Å². The third-order valence-electron chi connectivity index (χ3n) is 4.48. The molecule has 2 heterocycles. The van der Waals surface area contributed by atoms with E-state index in [4.69, 9.17) is 4.74 Å². The average Bonchev–Trinajstić information content (AvgIpc) is 2.40. The largest absolute Gasteiger partial charge is 0.497 e. The summed E-state index contributed by atoms with van der Waals surface area (Å²) in [4.78, 5) is 0. The summed E-state index contributed by atoms with van der Waals surface area (Å²) in [5.41, 5.74) is -0.540. The number of hydrogen-bond donors (Lipinski definition) is 1. The van der Waals surface area contributed by atoms with Crippen LogP contribution in [0.5, 0.6) is 5.75 Å². The maximum Gasteiger partial charge on any atom is 0.127 e. The molecule has 2 saturated heterocycles. The molecule has 1 aromatic carbocycles. The average molecular weight is 298 g/mol. The van der Waals surface area contributed by atoms with Gasteiger partial charge in [-0.1, -0.05) is 6.42 Å². The fraction of sp³-hybridized carbons (Fsp3) is 0.600. The lowest BCUT2D eigenvalue weighted by molar-refractivity contribution is 0.00609. The number of benzene rings is 1. The van der Waals surface area contributed by atoms with Gasteiger partial charge >= 0.3 is 0 Å². The highest BCUT2D eigenvalue weighted by Gasteiger charge is 2.46. The Hall–Kier alpha value is -0.940. The Morgan fingerprint density at radius 2 is 1.95 bits per heavy atom. The highest BCUT2D eigenvalue weighted by Crippen LogP contribution is 2.45. The highest BCUT2D eigenvalue weighted by molar-refractivity contribution is 7.86. The van der Waals surface area contributed by atoms with Crippen molar-refractivity contribution in [3.05, 3.63) is 29.6 Å². The van der Waals surface area contributed by atoms with E-state index in [1.807, 2.05) is 0 Å². The summed E-state index contributed by atoms with van der Waals surface area (Å²) >= 11 is 0. The molecule has 2 bridgehead atoms. The topological polar surface area (TPSA) is 46.5 Å². The molecule has 0 spiro atoms. The fourth-order valence-corrected chi connectivity index (χ4v) is 5.69. The minimum atomic E-state index is -1.08. The highest BCUT2D eigenvalue weighted by atomic mass is 32.2. The Morgan fingerprint density at radius 3 is 2.55 bits per heavy atom. The first kappa shape index (κ1) is 14.0. The lowest BCUT2D eigenvalue weighted by Crippen LogP contribution is -2.47. The molecule has 5 heteroatoms. The molecule has 3 nitrogen and oxygen atoms in total. The molecule has 0 saturated carbocycles. The number of halogens is 1. The van der Waals surface area contributed by atoms with Gasteiger partial charge in [0.25, 0.3) is 0 Å². The van der Waals surface area contributed by atoms with E-state index in [9.17, 15) is 13.7 Å². The molecule has 1 N–H and O–H groups in total. The number of methoxy groups -OCH3 is 1. The van der Waals surface area contributed by atoms with Crippen LogP contribution < -0.4 is 4.74 Å². The van der Waals surface area contributed by atoms with Gasteiger partial charge in [-0.25, -0.2) is 4.39 Å². The smallest absolute Gasteiger partial charge is 0.127 e. The Morgan fingerprint density at radius 1 is 1.30 bits per heavy atom. The Bertz CT molecular complexity index is 530. The van der Waals surface area contributed by atoms with Gasteiger partial charge < -0.3 is 9.84 Å². The Kier molecular flexibility index (Phi) is 3.58. The van der Waals surface area contributed by atoms with Gasteiger partial charge in [0.05, 0.1) is 12.7 Å². The van der Waals surface area contributed by atoms with Crippen LogP contribution in [0.3, 0.4) is 0 Å². The summed E-state index contributed by atoms with van der Waals surface area (Å²) < 4.78 is 30.9. The number of hydrogen-bond acceptors (Lipinski definition) is 3. The van der Waals surface area contributed by atoms with Gasteiger partial charge in [0.1, 0.15) is 11.6 Å².